The monoisotopic (exact) mass is 230 g/mol. The maximum Gasteiger partial charge on any atom is 0.205 e. The lowest BCUT2D eigenvalue weighted by Gasteiger charge is -2.02. The van der Waals surface area contributed by atoms with E-state index in [1.54, 1.807) is 0 Å². The van der Waals surface area contributed by atoms with Crippen LogP contribution in [0.5, 0.6) is 0 Å². The van der Waals surface area contributed by atoms with Crippen LogP contribution in [0.25, 0.3) is 11.1 Å². The van der Waals surface area contributed by atoms with Crippen LogP contribution in [0.3, 0.4) is 0 Å². The van der Waals surface area contributed by atoms with Gasteiger partial charge in [0.1, 0.15) is 0 Å². The average Bonchev–Trinajstić information content (AvgIpc) is 2.32. The predicted molar refractivity (Wildman–Crippen MR) is 66.5 cm³/mol. The zero-order chi connectivity index (χ0) is 11.4. The topological polar surface area (TPSA) is 55.4 Å². The van der Waals surface area contributed by atoms with Gasteiger partial charge in [0.15, 0.2) is 0 Å². The molecule has 2 aromatic carbocycles. The summed E-state index contributed by atoms with van der Waals surface area (Å²) in [5, 5.41) is 0. The lowest BCUT2D eigenvalue weighted by atomic mass is 10.1. The van der Waals surface area contributed by atoms with Crippen LogP contribution in [0.4, 0.5) is 11.4 Å². The highest BCUT2D eigenvalue weighted by Gasteiger charge is 1.97. The molecule has 0 unspecified atom stereocenters. The second kappa shape index (κ2) is 4.72. The summed E-state index contributed by atoms with van der Waals surface area (Å²) in [6.45, 7) is 0. The molecule has 0 fully saturated rings. The number of hydrogen-bond acceptors (Lipinski definition) is 3. The number of hydrogen-bond donors (Lipinski definition) is 1. The molecule has 0 aliphatic rings. The van der Waals surface area contributed by atoms with Crippen LogP contribution in [-0.2, 0) is 11.5 Å². The zero-order valence-electron chi connectivity index (χ0n) is 8.46. The maximum atomic E-state index is 10.2. The Morgan fingerprint density at radius 3 is 1.88 bits per heavy atom. The maximum absolute atomic E-state index is 10.2. The van der Waals surface area contributed by atoms with Crippen LogP contribution in [0, 0.1) is 0 Å². The Balaban J connectivity index is 2.34. The molecule has 0 saturated carbocycles. The molecule has 0 aliphatic heterocycles. The zero-order valence-corrected chi connectivity index (χ0v) is 9.28. The summed E-state index contributed by atoms with van der Waals surface area (Å²) >= 11 is 0.217. The Hall–Kier alpha value is -1.94. The highest BCUT2D eigenvalue weighted by molar-refractivity contribution is 7.54. The summed E-state index contributed by atoms with van der Waals surface area (Å²) in [7, 11) is 0. The van der Waals surface area contributed by atoms with E-state index < -0.39 is 0 Å². The van der Waals surface area contributed by atoms with Gasteiger partial charge in [-0.1, -0.05) is 24.3 Å². The molecular weight excluding hydrogens is 220 g/mol. The molecule has 2 N–H and O–H groups in total. The van der Waals surface area contributed by atoms with E-state index in [-0.39, 0.29) is 11.5 Å². The fraction of sp³-hybridized carbons (Fsp3) is 0. The van der Waals surface area contributed by atoms with E-state index >= 15 is 0 Å². The first-order valence-electron chi connectivity index (χ1n) is 4.75. The minimum absolute atomic E-state index is 0.217. The molecule has 0 amide bonds. The lowest BCUT2D eigenvalue weighted by molar-refractivity contribution is 0.698. The van der Waals surface area contributed by atoms with Gasteiger partial charge in [-0.05, 0) is 35.4 Å². The fourth-order valence-electron chi connectivity index (χ4n) is 1.43. The molecule has 4 heteroatoms. The van der Waals surface area contributed by atoms with Crippen LogP contribution < -0.4 is 5.73 Å². The van der Waals surface area contributed by atoms with E-state index in [4.69, 9.17) is 5.73 Å². The number of rotatable bonds is 2. The molecule has 80 valence electrons. The highest BCUT2D eigenvalue weighted by atomic mass is 32.1. The van der Waals surface area contributed by atoms with Gasteiger partial charge in [0.05, 0.1) is 5.69 Å². The summed E-state index contributed by atoms with van der Waals surface area (Å²) in [5.74, 6) is 0. The summed E-state index contributed by atoms with van der Waals surface area (Å²) in [6, 6.07) is 15.1. The molecular formula is C12H10N2OS. The molecule has 2 aromatic rings. The van der Waals surface area contributed by atoms with Crippen LogP contribution in [0.1, 0.15) is 0 Å². The average molecular weight is 230 g/mol. The fourth-order valence-corrected chi connectivity index (χ4v) is 1.64. The van der Waals surface area contributed by atoms with E-state index in [9.17, 15) is 4.21 Å². The van der Waals surface area contributed by atoms with Crippen molar-refractivity contribution in [2.45, 2.75) is 0 Å². The number of nitrogen functional groups attached to an aromatic ring is 1. The number of nitrogens with two attached hydrogens (primary N) is 1. The second-order valence-electron chi connectivity index (χ2n) is 3.33. The van der Waals surface area contributed by atoms with Crippen molar-refractivity contribution in [3.05, 3.63) is 48.5 Å². The van der Waals surface area contributed by atoms with Gasteiger partial charge in [0, 0.05) is 5.69 Å². The molecule has 0 atom stereocenters. The quantitative estimate of drug-likeness (QED) is 0.806. The van der Waals surface area contributed by atoms with E-state index in [1.807, 2.05) is 48.5 Å². The van der Waals surface area contributed by atoms with Gasteiger partial charge in [0.2, 0.25) is 11.5 Å². The first-order chi connectivity index (χ1) is 7.79. The van der Waals surface area contributed by atoms with Gasteiger partial charge < -0.3 is 5.73 Å². The Kier molecular flexibility index (Phi) is 3.12. The Morgan fingerprint density at radius 2 is 1.38 bits per heavy atom. The number of anilines is 1. The largest absolute Gasteiger partial charge is 0.399 e. The molecule has 0 saturated heterocycles. The minimum atomic E-state index is 0.217. The molecule has 3 nitrogen and oxygen atoms in total. The molecule has 0 spiro atoms. The molecule has 0 aromatic heterocycles. The van der Waals surface area contributed by atoms with E-state index in [0.717, 1.165) is 16.8 Å². The summed E-state index contributed by atoms with van der Waals surface area (Å²) < 4.78 is 13.9. The number of nitrogens with zero attached hydrogens (tertiary/aromatic N) is 1. The van der Waals surface area contributed by atoms with Crippen molar-refractivity contribution >= 4 is 22.8 Å². The lowest BCUT2D eigenvalue weighted by Crippen LogP contribution is -1.83. The number of benzene rings is 2. The normalized spacial score (nSPS) is 9.75. The van der Waals surface area contributed by atoms with Gasteiger partial charge in [-0.15, -0.1) is 0 Å². The van der Waals surface area contributed by atoms with Crippen LogP contribution in [0.2, 0.25) is 0 Å². The third-order valence-corrected chi connectivity index (χ3v) is 2.54. The van der Waals surface area contributed by atoms with Crippen molar-refractivity contribution in [1.82, 2.24) is 0 Å². The van der Waals surface area contributed by atoms with Crippen LogP contribution in [0.15, 0.2) is 52.9 Å². The second-order valence-corrected chi connectivity index (χ2v) is 3.67. The molecule has 0 aliphatic carbocycles. The molecule has 16 heavy (non-hydrogen) atoms. The van der Waals surface area contributed by atoms with Crippen molar-refractivity contribution in [3.63, 3.8) is 0 Å². The molecule has 2 rings (SSSR count). The van der Waals surface area contributed by atoms with Crippen molar-refractivity contribution in [1.29, 1.82) is 0 Å². The smallest absolute Gasteiger partial charge is 0.205 e. The predicted octanol–water partition coefficient (Wildman–Crippen LogP) is 2.96. The van der Waals surface area contributed by atoms with Crippen molar-refractivity contribution in [3.8, 4) is 11.1 Å². The summed E-state index contributed by atoms with van der Waals surface area (Å²) in [4.78, 5) is 0. The highest BCUT2D eigenvalue weighted by Crippen LogP contribution is 2.23. The van der Waals surface area contributed by atoms with Crippen molar-refractivity contribution < 1.29 is 4.21 Å². The van der Waals surface area contributed by atoms with E-state index in [0.29, 0.717) is 5.69 Å². The van der Waals surface area contributed by atoms with Crippen molar-refractivity contribution in [2.24, 2.45) is 4.36 Å². The standard InChI is InChI=1S/C12H10N2OS/c13-11-5-1-9(2-6-11)10-3-7-12(8-4-10)14-16-15/h1-8H,13H2. The molecule has 0 heterocycles. The Morgan fingerprint density at radius 1 is 0.875 bits per heavy atom. The van der Waals surface area contributed by atoms with Crippen LogP contribution in [-0.4, -0.2) is 4.21 Å². The first-order valence-corrected chi connectivity index (χ1v) is 5.45. The third kappa shape index (κ3) is 2.35. The van der Waals surface area contributed by atoms with Gasteiger partial charge in [-0.25, -0.2) is 0 Å². The molecule has 0 bridgehead atoms. The summed E-state index contributed by atoms with van der Waals surface area (Å²) in [5.41, 5.74) is 9.22. The van der Waals surface area contributed by atoms with Gasteiger partial charge in [0.25, 0.3) is 0 Å². The minimum Gasteiger partial charge on any atom is -0.399 e. The summed E-state index contributed by atoms with van der Waals surface area (Å²) in [6.07, 6.45) is 0. The van der Waals surface area contributed by atoms with E-state index in [1.165, 1.54) is 0 Å². The Bertz CT molecular complexity index is 528. The van der Waals surface area contributed by atoms with Gasteiger partial charge >= 0.3 is 0 Å². The first kappa shape index (κ1) is 10.6. The van der Waals surface area contributed by atoms with Gasteiger partial charge in [-0.2, -0.15) is 8.57 Å². The van der Waals surface area contributed by atoms with E-state index in [2.05, 4.69) is 4.36 Å². The van der Waals surface area contributed by atoms with Gasteiger partial charge in [-0.3, -0.25) is 0 Å². The Labute approximate surface area is 97.2 Å². The third-order valence-electron chi connectivity index (χ3n) is 2.25. The molecule has 0 radical (unpaired) electrons. The van der Waals surface area contributed by atoms with Crippen LogP contribution >= 0.6 is 0 Å². The van der Waals surface area contributed by atoms with Crippen molar-refractivity contribution in [2.75, 3.05) is 5.73 Å². The SMILES string of the molecule is Nc1ccc(-c2ccc(N=S=O)cc2)cc1.